The highest BCUT2D eigenvalue weighted by atomic mass is 16.5. The third kappa shape index (κ3) is 6.82. The number of unbranched alkanes of at least 4 members (excludes halogenated alkanes) is 1. The molecule has 0 spiro atoms. The molecule has 0 amide bonds. The van der Waals surface area contributed by atoms with Gasteiger partial charge in [0.15, 0.2) is 0 Å². The number of benzene rings is 2. The molecule has 4 N–H and O–H groups in total. The Morgan fingerprint density at radius 3 is 2.24 bits per heavy atom. The first kappa shape index (κ1) is 18.8. The van der Waals surface area contributed by atoms with E-state index in [9.17, 15) is 4.79 Å². The van der Waals surface area contributed by atoms with Gasteiger partial charge in [0, 0.05) is 0 Å². The van der Waals surface area contributed by atoms with Crippen LogP contribution in [0.1, 0.15) is 24.8 Å². The van der Waals surface area contributed by atoms with Crippen molar-refractivity contribution in [1.82, 2.24) is 0 Å². The highest BCUT2D eigenvalue weighted by Crippen LogP contribution is 2.18. The van der Waals surface area contributed by atoms with Gasteiger partial charge in [-0.15, -0.1) is 0 Å². The summed E-state index contributed by atoms with van der Waals surface area (Å²) in [4.78, 5) is 11.8. The molecule has 25 heavy (non-hydrogen) atoms. The molecule has 0 aliphatic rings. The van der Waals surface area contributed by atoms with Crippen LogP contribution >= 0.6 is 0 Å². The largest absolute Gasteiger partial charge is 0.460 e. The lowest BCUT2D eigenvalue weighted by molar-refractivity contribution is -0.146. The Kier molecular flexibility index (Phi) is 7.75. The number of nitrogens with two attached hydrogens (primary N) is 2. The van der Waals surface area contributed by atoms with E-state index in [1.807, 2.05) is 54.6 Å². The number of rotatable bonds is 9. The molecule has 0 fully saturated rings. The summed E-state index contributed by atoms with van der Waals surface area (Å²) in [7, 11) is 0. The van der Waals surface area contributed by atoms with Crippen molar-refractivity contribution in [3.8, 4) is 0 Å². The van der Waals surface area contributed by atoms with Crippen molar-refractivity contribution in [2.24, 2.45) is 21.7 Å². The van der Waals surface area contributed by atoms with Crippen molar-refractivity contribution >= 4 is 17.3 Å². The fourth-order valence-corrected chi connectivity index (χ4v) is 2.16. The SMILES string of the molecule is NCCCC[C@H](N)C(=O)OCc1ccc(N=Nc2ccccc2)cc1. The number of azo groups is 1. The van der Waals surface area contributed by atoms with Crippen LogP contribution in [0, 0.1) is 0 Å². The Balaban J connectivity index is 1.80. The normalized spacial score (nSPS) is 12.2. The van der Waals surface area contributed by atoms with E-state index in [-0.39, 0.29) is 12.6 Å². The summed E-state index contributed by atoms with van der Waals surface area (Å²) in [5.74, 6) is -0.384. The molecule has 0 aliphatic carbocycles. The highest BCUT2D eigenvalue weighted by Gasteiger charge is 2.14. The van der Waals surface area contributed by atoms with Crippen LogP contribution in [0.2, 0.25) is 0 Å². The Labute approximate surface area is 147 Å². The summed E-state index contributed by atoms with van der Waals surface area (Å²) in [5.41, 5.74) is 13.6. The van der Waals surface area contributed by atoms with Crippen LogP contribution in [0.3, 0.4) is 0 Å². The van der Waals surface area contributed by atoms with Gasteiger partial charge in [-0.25, -0.2) is 0 Å². The third-order valence-corrected chi connectivity index (χ3v) is 3.63. The maximum atomic E-state index is 11.8. The first-order valence-corrected chi connectivity index (χ1v) is 8.37. The maximum absolute atomic E-state index is 11.8. The molecule has 0 saturated carbocycles. The van der Waals surface area contributed by atoms with E-state index in [2.05, 4.69) is 10.2 Å². The van der Waals surface area contributed by atoms with Gasteiger partial charge in [0.2, 0.25) is 0 Å². The van der Waals surface area contributed by atoms with Crippen LogP contribution in [0.4, 0.5) is 11.4 Å². The van der Waals surface area contributed by atoms with Gasteiger partial charge in [-0.05, 0) is 49.2 Å². The molecule has 0 saturated heterocycles. The third-order valence-electron chi connectivity index (χ3n) is 3.63. The van der Waals surface area contributed by atoms with E-state index < -0.39 is 6.04 Å². The predicted molar refractivity (Wildman–Crippen MR) is 97.7 cm³/mol. The first-order valence-electron chi connectivity index (χ1n) is 8.37. The molecule has 0 heterocycles. The molecule has 2 aromatic rings. The zero-order chi connectivity index (χ0) is 17.9. The minimum absolute atomic E-state index is 0.194. The average molecular weight is 340 g/mol. The number of nitrogens with zero attached hydrogens (tertiary/aromatic N) is 2. The van der Waals surface area contributed by atoms with E-state index in [4.69, 9.17) is 16.2 Å². The second kappa shape index (κ2) is 10.3. The van der Waals surface area contributed by atoms with Gasteiger partial charge in [-0.2, -0.15) is 10.2 Å². The molecule has 6 heteroatoms. The topological polar surface area (TPSA) is 103 Å². The van der Waals surface area contributed by atoms with E-state index in [1.54, 1.807) is 0 Å². The molecular formula is C19H24N4O2. The second-order valence-corrected chi connectivity index (χ2v) is 5.70. The quantitative estimate of drug-likeness (QED) is 0.413. The van der Waals surface area contributed by atoms with Gasteiger partial charge in [0.1, 0.15) is 12.6 Å². The summed E-state index contributed by atoms with van der Waals surface area (Å²) in [5, 5.41) is 8.32. The standard InChI is InChI=1S/C19H24N4O2/c20-13-5-4-8-18(21)19(24)25-14-15-9-11-17(12-10-15)23-22-16-6-2-1-3-7-16/h1-3,6-7,9-12,18H,4-5,8,13-14,20-21H2/t18-/m0/s1. The van der Waals surface area contributed by atoms with E-state index in [0.29, 0.717) is 13.0 Å². The zero-order valence-corrected chi connectivity index (χ0v) is 14.2. The van der Waals surface area contributed by atoms with Crippen LogP contribution in [-0.4, -0.2) is 18.6 Å². The van der Waals surface area contributed by atoms with Gasteiger partial charge < -0.3 is 16.2 Å². The lowest BCUT2D eigenvalue weighted by atomic mass is 10.1. The van der Waals surface area contributed by atoms with Gasteiger partial charge in [0.25, 0.3) is 0 Å². The van der Waals surface area contributed by atoms with Gasteiger partial charge >= 0.3 is 5.97 Å². The van der Waals surface area contributed by atoms with E-state index >= 15 is 0 Å². The Morgan fingerprint density at radius 2 is 1.60 bits per heavy atom. The second-order valence-electron chi connectivity index (χ2n) is 5.70. The molecule has 0 aliphatic heterocycles. The van der Waals surface area contributed by atoms with Crippen LogP contribution in [-0.2, 0) is 16.1 Å². The molecule has 0 aromatic heterocycles. The lowest BCUT2D eigenvalue weighted by Gasteiger charge is -2.11. The monoisotopic (exact) mass is 340 g/mol. The molecular weight excluding hydrogens is 316 g/mol. The van der Waals surface area contributed by atoms with Crippen molar-refractivity contribution in [1.29, 1.82) is 0 Å². The van der Waals surface area contributed by atoms with Crippen LogP contribution in [0.15, 0.2) is 64.8 Å². The maximum Gasteiger partial charge on any atom is 0.323 e. The predicted octanol–water partition coefficient (Wildman–Crippen LogP) is 3.60. The minimum atomic E-state index is -0.592. The first-order chi connectivity index (χ1) is 12.2. The summed E-state index contributed by atoms with van der Waals surface area (Å²) >= 11 is 0. The lowest BCUT2D eigenvalue weighted by Crippen LogP contribution is -2.32. The number of ether oxygens (including phenoxy) is 1. The van der Waals surface area contributed by atoms with E-state index in [1.165, 1.54) is 0 Å². The summed E-state index contributed by atoms with van der Waals surface area (Å²) in [6.07, 6.45) is 2.28. The van der Waals surface area contributed by atoms with Gasteiger partial charge in [0.05, 0.1) is 11.4 Å². The van der Waals surface area contributed by atoms with Crippen molar-refractivity contribution in [2.75, 3.05) is 6.54 Å². The van der Waals surface area contributed by atoms with Gasteiger partial charge in [-0.1, -0.05) is 36.8 Å². The molecule has 2 rings (SSSR count). The molecule has 6 nitrogen and oxygen atoms in total. The molecule has 0 bridgehead atoms. The van der Waals surface area contributed by atoms with Crippen molar-refractivity contribution in [3.63, 3.8) is 0 Å². The van der Waals surface area contributed by atoms with Crippen LogP contribution in [0.25, 0.3) is 0 Å². The Morgan fingerprint density at radius 1 is 0.960 bits per heavy atom. The molecule has 132 valence electrons. The number of hydrogen-bond donors (Lipinski definition) is 2. The summed E-state index contributed by atoms with van der Waals surface area (Å²) < 4.78 is 5.24. The molecule has 1 atom stereocenters. The van der Waals surface area contributed by atoms with Crippen molar-refractivity contribution in [2.45, 2.75) is 31.9 Å². The van der Waals surface area contributed by atoms with Crippen molar-refractivity contribution < 1.29 is 9.53 Å². The summed E-state index contributed by atoms with van der Waals surface area (Å²) in [6.45, 7) is 0.801. The van der Waals surface area contributed by atoms with E-state index in [0.717, 1.165) is 29.8 Å². The molecule has 0 radical (unpaired) electrons. The minimum Gasteiger partial charge on any atom is -0.460 e. The van der Waals surface area contributed by atoms with Gasteiger partial charge in [-0.3, -0.25) is 4.79 Å². The van der Waals surface area contributed by atoms with Crippen LogP contribution < -0.4 is 11.5 Å². The number of esters is 1. The Hall–Kier alpha value is -2.57. The highest BCUT2D eigenvalue weighted by molar-refractivity contribution is 5.75. The Bertz CT molecular complexity index is 672. The fraction of sp³-hybridized carbons (Fsp3) is 0.316. The molecule has 0 unspecified atom stereocenters. The number of carbonyl (C=O) groups is 1. The smallest absolute Gasteiger partial charge is 0.323 e. The number of hydrogen-bond acceptors (Lipinski definition) is 6. The summed E-state index contributed by atoms with van der Waals surface area (Å²) in [6, 6.07) is 16.3. The fourth-order valence-electron chi connectivity index (χ4n) is 2.16. The number of carbonyl (C=O) groups excluding carboxylic acids is 1. The van der Waals surface area contributed by atoms with Crippen molar-refractivity contribution in [3.05, 3.63) is 60.2 Å². The zero-order valence-electron chi connectivity index (χ0n) is 14.2. The van der Waals surface area contributed by atoms with Crippen LogP contribution in [0.5, 0.6) is 0 Å². The molecule has 2 aromatic carbocycles. The average Bonchev–Trinajstić information content (AvgIpc) is 2.66.